The lowest BCUT2D eigenvalue weighted by Gasteiger charge is -2.39. The fourth-order valence-electron chi connectivity index (χ4n) is 3.03. The molecule has 1 N–H and O–H groups in total. The summed E-state index contributed by atoms with van der Waals surface area (Å²) in [6, 6.07) is 0. The predicted octanol–water partition coefficient (Wildman–Crippen LogP) is 2.14. The van der Waals surface area contributed by atoms with Gasteiger partial charge in [0.1, 0.15) is 0 Å². The first-order valence-electron chi connectivity index (χ1n) is 8.56. The van der Waals surface area contributed by atoms with Gasteiger partial charge in [-0.05, 0) is 12.8 Å². The van der Waals surface area contributed by atoms with Crippen LogP contribution in [-0.2, 0) is 26.6 Å². The number of rotatable bonds is 15. The van der Waals surface area contributed by atoms with Gasteiger partial charge in [0.2, 0.25) is 0 Å². The normalized spacial score (nSPS) is 15.5. The Bertz CT molecular complexity index is 300. The second-order valence-corrected chi connectivity index (χ2v) is 11.9. The predicted molar refractivity (Wildman–Crippen MR) is 98.7 cm³/mol. The minimum absolute atomic E-state index is 0.0543. The van der Waals surface area contributed by atoms with Crippen LogP contribution in [0.4, 0.5) is 0 Å². The first kappa shape index (κ1) is 24.2. The van der Waals surface area contributed by atoms with Crippen molar-refractivity contribution >= 4 is 17.6 Å². The van der Waals surface area contributed by atoms with Crippen LogP contribution < -0.4 is 5.32 Å². The Balaban J connectivity index is 5.46. The van der Waals surface area contributed by atoms with Crippen molar-refractivity contribution in [1.82, 2.24) is 5.32 Å². The first-order chi connectivity index (χ1) is 11.5. The highest BCUT2D eigenvalue weighted by Crippen LogP contribution is 2.22. The summed E-state index contributed by atoms with van der Waals surface area (Å²) in [6.45, 7) is 4.26. The van der Waals surface area contributed by atoms with Crippen molar-refractivity contribution in [2.45, 2.75) is 57.3 Å². The first-order valence-corrected chi connectivity index (χ1v) is 12.2. The molecular weight excluding hydrogens is 346 g/mol. The van der Waals surface area contributed by atoms with E-state index in [1.54, 1.807) is 42.7 Å². The van der Waals surface area contributed by atoms with E-state index in [2.05, 4.69) is 19.2 Å². The molecule has 0 amide bonds. The van der Waals surface area contributed by atoms with Gasteiger partial charge in [-0.1, -0.05) is 33.1 Å². The third-order valence-corrected chi connectivity index (χ3v) is 10.6. The molecule has 0 aromatic carbocycles. The zero-order valence-corrected chi connectivity index (χ0v) is 18.6. The van der Waals surface area contributed by atoms with Gasteiger partial charge in [0, 0.05) is 42.7 Å². The molecule has 0 saturated heterocycles. The lowest BCUT2D eigenvalue weighted by Crippen LogP contribution is -2.68. The van der Waals surface area contributed by atoms with Gasteiger partial charge in [-0.25, -0.2) is 0 Å². The minimum atomic E-state index is -2.85. The third-order valence-electron chi connectivity index (χ3n) is 4.47. The van der Waals surface area contributed by atoms with Crippen LogP contribution in [0.5, 0.6) is 0 Å². The van der Waals surface area contributed by atoms with Crippen LogP contribution in [-0.4, -0.2) is 71.6 Å². The molecule has 2 atom stereocenters. The average molecular weight is 384 g/mol. The molecule has 24 heavy (non-hydrogen) atoms. The summed E-state index contributed by atoms with van der Waals surface area (Å²) in [5.74, 6) is 0. The second kappa shape index (κ2) is 12.5. The molecule has 0 aromatic heterocycles. The van der Waals surface area contributed by atoms with Crippen molar-refractivity contribution in [3.05, 3.63) is 0 Å². The lowest BCUT2D eigenvalue weighted by atomic mass is 10.2. The molecule has 0 radical (unpaired) electrons. The molecule has 0 aromatic rings. The third kappa shape index (κ3) is 5.85. The van der Waals surface area contributed by atoms with Crippen molar-refractivity contribution in [1.29, 1.82) is 0 Å². The van der Waals surface area contributed by atoms with E-state index in [-0.39, 0.29) is 11.3 Å². The number of hydrogen-bond donors (Lipinski definition) is 1. The van der Waals surface area contributed by atoms with Crippen LogP contribution in [0.1, 0.15) is 46.0 Å². The molecule has 0 spiro atoms. The smallest absolute Gasteiger partial charge is 0.376 e. The lowest BCUT2D eigenvalue weighted by molar-refractivity contribution is 0.0883. The van der Waals surface area contributed by atoms with E-state index in [9.17, 15) is 0 Å². The van der Waals surface area contributed by atoms with Crippen molar-refractivity contribution in [3.63, 3.8) is 0 Å². The molecule has 0 aliphatic rings. The molecule has 2 unspecified atom stereocenters. The van der Waals surface area contributed by atoms with Crippen molar-refractivity contribution in [2.24, 2.45) is 0 Å². The van der Waals surface area contributed by atoms with Crippen molar-refractivity contribution in [3.8, 4) is 0 Å². The molecule has 9 heteroatoms. The van der Waals surface area contributed by atoms with Crippen LogP contribution >= 0.6 is 0 Å². The molecule has 0 fully saturated rings. The van der Waals surface area contributed by atoms with E-state index in [0.717, 1.165) is 32.1 Å². The number of nitrogens with one attached hydrogen (secondary N) is 1. The maximum absolute atomic E-state index is 5.71. The van der Waals surface area contributed by atoms with E-state index in [1.165, 1.54) is 0 Å². The van der Waals surface area contributed by atoms with Gasteiger partial charge in [-0.15, -0.1) is 0 Å². The Morgan fingerprint density at radius 2 is 1.08 bits per heavy atom. The monoisotopic (exact) mass is 383 g/mol. The Morgan fingerprint density at radius 1 is 0.667 bits per heavy atom. The van der Waals surface area contributed by atoms with E-state index in [4.69, 9.17) is 26.6 Å². The summed E-state index contributed by atoms with van der Waals surface area (Å²) < 4.78 is 34.1. The number of unbranched alkanes of at least 4 members (excludes halogenated alkanes) is 2. The van der Waals surface area contributed by atoms with Gasteiger partial charge in [-0.3, -0.25) is 0 Å². The molecule has 0 heterocycles. The van der Waals surface area contributed by atoms with Gasteiger partial charge >= 0.3 is 17.6 Å². The minimum Gasteiger partial charge on any atom is -0.376 e. The fraction of sp³-hybridized carbons (Fsp3) is 1.00. The van der Waals surface area contributed by atoms with Crippen LogP contribution in [0.15, 0.2) is 0 Å². The molecule has 0 aliphatic carbocycles. The van der Waals surface area contributed by atoms with Crippen LogP contribution in [0.2, 0.25) is 0 Å². The van der Waals surface area contributed by atoms with E-state index in [1.807, 2.05) is 0 Å². The highest BCUT2D eigenvalue weighted by Gasteiger charge is 2.53. The summed E-state index contributed by atoms with van der Waals surface area (Å²) in [6.07, 6.45) is 5.06. The van der Waals surface area contributed by atoms with E-state index < -0.39 is 17.6 Å². The quantitative estimate of drug-likeness (QED) is 0.343. The molecule has 7 nitrogen and oxygen atoms in total. The van der Waals surface area contributed by atoms with Gasteiger partial charge < -0.3 is 31.9 Å². The van der Waals surface area contributed by atoms with Crippen molar-refractivity contribution in [2.75, 3.05) is 42.7 Å². The van der Waals surface area contributed by atoms with Crippen LogP contribution in [0, 0.1) is 0 Å². The number of hydrogen-bond acceptors (Lipinski definition) is 7. The fourth-order valence-corrected chi connectivity index (χ4v) is 7.77. The van der Waals surface area contributed by atoms with Crippen LogP contribution in [0.25, 0.3) is 0 Å². The average Bonchev–Trinajstić information content (AvgIpc) is 2.63. The molecule has 146 valence electrons. The zero-order chi connectivity index (χ0) is 18.6. The highest BCUT2D eigenvalue weighted by molar-refractivity contribution is 6.64. The topological polar surface area (TPSA) is 67.4 Å². The van der Waals surface area contributed by atoms with Gasteiger partial charge in [-0.2, -0.15) is 0 Å². The summed E-state index contributed by atoms with van der Waals surface area (Å²) in [7, 11) is 4.13. The van der Waals surface area contributed by atoms with E-state index in [0.29, 0.717) is 0 Å². The zero-order valence-electron chi connectivity index (χ0n) is 16.6. The van der Waals surface area contributed by atoms with E-state index >= 15 is 0 Å². The van der Waals surface area contributed by atoms with Gasteiger partial charge in [0.15, 0.2) is 0 Å². The molecule has 0 saturated carbocycles. The molecular formula is C15H37NO6Si2. The second-order valence-electron chi connectivity index (χ2n) is 5.61. The maximum atomic E-state index is 5.71. The SMILES string of the molecule is CCCCCC(NC(CC)[Si](OC)(OC)OC)[Si](OC)(OC)OC. The van der Waals surface area contributed by atoms with Crippen molar-refractivity contribution < 1.29 is 26.6 Å². The Hall–Kier alpha value is 0.154. The molecule has 0 aliphatic heterocycles. The largest absolute Gasteiger partial charge is 0.518 e. The van der Waals surface area contributed by atoms with Crippen LogP contribution in [0.3, 0.4) is 0 Å². The summed E-state index contributed by atoms with van der Waals surface area (Å²) in [4.78, 5) is 0. The van der Waals surface area contributed by atoms with Gasteiger partial charge in [0.25, 0.3) is 0 Å². The highest BCUT2D eigenvalue weighted by atomic mass is 28.4. The standard InChI is InChI=1S/C15H37NO6Si2/c1-9-11-12-13-15(24(20-6,21-7)22-8)16-14(10-2)23(17-3,18-4)19-5/h14-16H,9-13H2,1-8H3. The summed E-state index contributed by atoms with van der Waals surface area (Å²) >= 11 is 0. The summed E-state index contributed by atoms with van der Waals surface area (Å²) in [5, 5.41) is 3.62. The summed E-state index contributed by atoms with van der Waals surface area (Å²) in [5.41, 5.74) is -0.127. The molecule has 0 bridgehead atoms. The Kier molecular flexibility index (Phi) is 12.6. The van der Waals surface area contributed by atoms with Gasteiger partial charge in [0.05, 0.1) is 11.3 Å². The Morgan fingerprint density at radius 3 is 1.42 bits per heavy atom. The Labute approximate surface area is 150 Å². The molecule has 0 rings (SSSR count). The maximum Gasteiger partial charge on any atom is 0.518 e.